The second-order valence-corrected chi connectivity index (χ2v) is 7.09. The number of anilines is 1. The molecular formula is C18H25N3O5. The largest absolute Gasteiger partial charge is 0.477 e. The number of rotatable bonds is 7. The van der Waals surface area contributed by atoms with Crippen molar-refractivity contribution in [3.05, 3.63) is 24.4 Å². The molecule has 1 aromatic rings. The minimum atomic E-state index is -1.04. The first-order valence-corrected chi connectivity index (χ1v) is 8.64. The molecule has 8 heteroatoms. The third kappa shape index (κ3) is 6.02. The van der Waals surface area contributed by atoms with Gasteiger partial charge in [-0.05, 0) is 52.2 Å². The van der Waals surface area contributed by atoms with Crippen molar-refractivity contribution in [3.63, 3.8) is 0 Å². The van der Waals surface area contributed by atoms with Crippen LogP contribution in [0.3, 0.4) is 0 Å². The summed E-state index contributed by atoms with van der Waals surface area (Å²) in [5, 5.41) is 12.4. The molecule has 1 aromatic heterocycles. The van der Waals surface area contributed by atoms with Crippen molar-refractivity contribution in [1.29, 1.82) is 0 Å². The fourth-order valence-corrected chi connectivity index (χ4v) is 2.48. The Balaban J connectivity index is 1.86. The van der Waals surface area contributed by atoms with Crippen molar-refractivity contribution < 1.29 is 24.3 Å². The van der Waals surface area contributed by atoms with E-state index in [4.69, 9.17) is 14.7 Å². The van der Waals surface area contributed by atoms with Crippen LogP contribution in [-0.4, -0.2) is 46.1 Å². The molecule has 0 aliphatic carbocycles. The zero-order valence-electron chi connectivity index (χ0n) is 15.3. The highest BCUT2D eigenvalue weighted by molar-refractivity contribution is 6.35. The highest BCUT2D eigenvalue weighted by Crippen LogP contribution is 2.19. The van der Waals surface area contributed by atoms with Crippen LogP contribution in [0.4, 0.5) is 10.6 Å². The first-order chi connectivity index (χ1) is 12.3. The lowest BCUT2D eigenvalue weighted by Crippen LogP contribution is -2.38. The van der Waals surface area contributed by atoms with E-state index in [0.717, 1.165) is 6.42 Å². The van der Waals surface area contributed by atoms with Gasteiger partial charge < -0.3 is 14.7 Å². The summed E-state index contributed by atoms with van der Waals surface area (Å²) in [6, 6.07) is 5.36. The van der Waals surface area contributed by atoms with E-state index in [1.807, 2.05) is 26.8 Å². The zero-order chi connectivity index (χ0) is 19.2. The molecule has 0 bridgehead atoms. The molecule has 0 saturated carbocycles. The smallest absolute Gasteiger partial charge is 0.416 e. The summed E-state index contributed by atoms with van der Waals surface area (Å²) in [5.74, 6) is -0.505. The Kier molecular flexibility index (Phi) is 6.54. The van der Waals surface area contributed by atoms with E-state index in [9.17, 15) is 9.59 Å². The summed E-state index contributed by atoms with van der Waals surface area (Å²) >= 11 is 0. The first kappa shape index (κ1) is 19.7. The fourth-order valence-electron chi connectivity index (χ4n) is 2.48. The number of unbranched alkanes of at least 4 members (excludes halogenated alkanes) is 1. The van der Waals surface area contributed by atoms with Gasteiger partial charge in [0.15, 0.2) is 5.71 Å². The highest BCUT2D eigenvalue weighted by atomic mass is 16.6. The van der Waals surface area contributed by atoms with Gasteiger partial charge in [0.1, 0.15) is 17.5 Å². The monoisotopic (exact) mass is 363 g/mol. The lowest BCUT2D eigenvalue weighted by atomic mass is 10.1. The zero-order valence-corrected chi connectivity index (χ0v) is 15.3. The van der Waals surface area contributed by atoms with E-state index in [2.05, 4.69) is 10.1 Å². The van der Waals surface area contributed by atoms with Crippen molar-refractivity contribution in [3.8, 4) is 0 Å². The van der Waals surface area contributed by atoms with Crippen molar-refractivity contribution in [1.82, 2.24) is 4.98 Å². The van der Waals surface area contributed by atoms with E-state index in [1.165, 1.54) is 4.90 Å². The van der Waals surface area contributed by atoms with Gasteiger partial charge in [0, 0.05) is 19.2 Å². The third-order valence-corrected chi connectivity index (χ3v) is 3.68. The van der Waals surface area contributed by atoms with Crippen molar-refractivity contribution in [2.75, 3.05) is 11.4 Å². The number of oxime groups is 1. The van der Waals surface area contributed by atoms with Gasteiger partial charge in [-0.15, -0.1) is 0 Å². The highest BCUT2D eigenvalue weighted by Gasteiger charge is 2.26. The van der Waals surface area contributed by atoms with Crippen LogP contribution in [0.1, 0.15) is 46.5 Å². The lowest BCUT2D eigenvalue weighted by Gasteiger charge is -2.26. The predicted octanol–water partition coefficient (Wildman–Crippen LogP) is 3.22. The number of hydrogen-bond acceptors (Lipinski definition) is 6. The number of carbonyl (C=O) groups excluding carboxylic acids is 1. The number of pyridine rings is 1. The second-order valence-electron chi connectivity index (χ2n) is 7.09. The fraction of sp³-hybridized carbons (Fsp3) is 0.556. The number of aliphatic carboxylic acids is 1. The molecule has 8 nitrogen and oxygen atoms in total. The van der Waals surface area contributed by atoms with Gasteiger partial charge in [0.2, 0.25) is 0 Å². The number of amides is 1. The van der Waals surface area contributed by atoms with E-state index >= 15 is 0 Å². The van der Waals surface area contributed by atoms with Crippen LogP contribution < -0.4 is 4.90 Å². The third-order valence-electron chi connectivity index (χ3n) is 3.68. The van der Waals surface area contributed by atoms with Gasteiger partial charge in [-0.1, -0.05) is 11.2 Å². The first-order valence-electron chi connectivity index (χ1n) is 8.64. The molecule has 0 saturated heterocycles. The molecule has 0 radical (unpaired) electrons. The van der Waals surface area contributed by atoms with Gasteiger partial charge in [-0.25, -0.2) is 14.6 Å². The number of carboxylic acid groups (broad SMARTS) is 1. The van der Waals surface area contributed by atoms with Crippen molar-refractivity contribution >= 4 is 23.6 Å². The van der Waals surface area contributed by atoms with E-state index in [1.54, 1.807) is 18.3 Å². The number of hydrogen-bond donors (Lipinski definition) is 1. The van der Waals surface area contributed by atoms with Crippen LogP contribution in [-0.2, 0) is 14.4 Å². The van der Waals surface area contributed by atoms with Crippen LogP contribution in [0.5, 0.6) is 0 Å². The topological polar surface area (TPSA) is 101 Å². The van der Waals surface area contributed by atoms with Crippen LogP contribution in [0.2, 0.25) is 0 Å². The molecule has 1 amide bonds. The van der Waals surface area contributed by atoms with Crippen molar-refractivity contribution in [2.24, 2.45) is 5.16 Å². The Hall–Kier alpha value is -2.64. The molecule has 142 valence electrons. The summed E-state index contributed by atoms with van der Waals surface area (Å²) in [6.45, 7) is 5.90. The summed E-state index contributed by atoms with van der Waals surface area (Å²) in [5.41, 5.74) is -0.536. The van der Waals surface area contributed by atoms with E-state index in [-0.39, 0.29) is 11.8 Å². The summed E-state index contributed by atoms with van der Waals surface area (Å²) in [7, 11) is 0. The Labute approximate surface area is 152 Å². The van der Waals surface area contributed by atoms with Gasteiger partial charge in [-0.2, -0.15) is 0 Å². The summed E-state index contributed by atoms with van der Waals surface area (Å²) in [6.07, 6.45) is 3.42. The molecule has 0 aromatic carbocycles. The van der Waals surface area contributed by atoms with E-state index < -0.39 is 17.7 Å². The maximum Gasteiger partial charge on any atom is 0.416 e. The minimum Gasteiger partial charge on any atom is -0.477 e. The Morgan fingerprint density at radius 3 is 2.69 bits per heavy atom. The van der Waals surface area contributed by atoms with Gasteiger partial charge >= 0.3 is 12.1 Å². The number of carbonyl (C=O) groups is 2. The predicted molar refractivity (Wildman–Crippen MR) is 96.2 cm³/mol. The van der Waals surface area contributed by atoms with Crippen LogP contribution in [0.15, 0.2) is 29.6 Å². The summed E-state index contributed by atoms with van der Waals surface area (Å²) < 4.78 is 5.46. The molecule has 1 unspecified atom stereocenters. The number of nitrogens with zero attached hydrogens (tertiary/aromatic N) is 3. The molecule has 1 aliphatic heterocycles. The Morgan fingerprint density at radius 2 is 2.12 bits per heavy atom. The molecule has 0 fully saturated rings. The van der Waals surface area contributed by atoms with Gasteiger partial charge in [0.05, 0.1) is 0 Å². The van der Waals surface area contributed by atoms with E-state index in [0.29, 0.717) is 31.6 Å². The summed E-state index contributed by atoms with van der Waals surface area (Å²) in [4.78, 5) is 34.2. The number of ether oxygens (including phenoxy) is 1. The Morgan fingerprint density at radius 1 is 1.35 bits per heavy atom. The molecule has 0 spiro atoms. The normalized spacial score (nSPS) is 16.6. The van der Waals surface area contributed by atoms with Crippen molar-refractivity contribution in [2.45, 2.75) is 58.2 Å². The van der Waals surface area contributed by atoms with Crippen LogP contribution in [0.25, 0.3) is 0 Å². The Bertz CT molecular complexity index is 655. The van der Waals surface area contributed by atoms with Gasteiger partial charge in [-0.3, -0.25) is 4.90 Å². The minimum absolute atomic E-state index is 0.0545. The molecule has 1 N–H and O–H groups in total. The molecule has 2 heterocycles. The van der Waals surface area contributed by atoms with Crippen LogP contribution in [0, 0.1) is 0 Å². The number of aromatic nitrogens is 1. The SMILES string of the molecule is CC(C)(C)OC(=O)N(CCCCC1CC(C(=O)O)=NO1)c1ccccn1. The second kappa shape index (κ2) is 8.64. The quantitative estimate of drug-likeness (QED) is 0.746. The molecule has 2 rings (SSSR count). The average molecular weight is 363 g/mol. The molecular weight excluding hydrogens is 338 g/mol. The maximum atomic E-state index is 12.5. The lowest BCUT2D eigenvalue weighted by molar-refractivity contribution is -0.129. The number of carboxylic acids is 1. The molecule has 1 aliphatic rings. The molecule has 26 heavy (non-hydrogen) atoms. The maximum absolute atomic E-state index is 12.5. The standard InChI is InChI=1S/C18H25N3O5/c1-18(2,3)25-17(24)21(15-9-4-6-10-19-15)11-7-5-8-13-12-14(16(22)23)20-26-13/h4,6,9-10,13H,5,7-8,11-12H2,1-3H3,(H,22,23). The average Bonchev–Trinajstić information content (AvgIpc) is 3.03. The van der Waals surface area contributed by atoms with Crippen LogP contribution >= 0.6 is 0 Å². The van der Waals surface area contributed by atoms with Gasteiger partial charge in [0.25, 0.3) is 0 Å². The molecule has 1 atom stereocenters.